The number of anilines is 3. The van der Waals surface area contributed by atoms with Gasteiger partial charge in [0.05, 0.1) is 23.2 Å². The first-order valence-electron chi connectivity index (χ1n) is 4.73. The van der Waals surface area contributed by atoms with Crippen LogP contribution in [0.5, 0.6) is 5.75 Å². The quantitative estimate of drug-likeness (QED) is 0.660. The van der Waals surface area contributed by atoms with Crippen LogP contribution in [0.15, 0.2) is 12.6 Å². The summed E-state index contributed by atoms with van der Waals surface area (Å²) in [5.41, 5.74) is 19.5. The molecule has 1 aromatic rings. The molecule has 0 saturated heterocycles. The number of rotatable bonds is 3. The lowest BCUT2D eigenvalue weighted by Crippen LogP contribution is -2.11. The molecule has 6 N–H and O–H groups in total. The van der Waals surface area contributed by atoms with Crippen LogP contribution in [0.25, 0.3) is 6.08 Å². The predicted octanol–water partition coefficient (Wildman–Crippen LogP) is 1.86. The standard InChI is InChI=1S/C11H17N3O/c1-4-7-5-8(12)10(14)11(9(7)13)15-6(2)3/h4-6H,1,12-14H2,2-3H3. The number of hydrogen-bond acceptors (Lipinski definition) is 4. The molecule has 0 aliphatic carbocycles. The fourth-order valence-electron chi connectivity index (χ4n) is 1.26. The maximum Gasteiger partial charge on any atom is 0.168 e. The van der Waals surface area contributed by atoms with Gasteiger partial charge in [-0.25, -0.2) is 0 Å². The van der Waals surface area contributed by atoms with E-state index in [0.717, 1.165) is 5.56 Å². The second-order valence-electron chi connectivity index (χ2n) is 3.58. The number of ether oxygens (including phenoxy) is 1. The minimum absolute atomic E-state index is 0.00550. The van der Waals surface area contributed by atoms with Crippen LogP contribution in [-0.2, 0) is 0 Å². The van der Waals surface area contributed by atoms with Gasteiger partial charge < -0.3 is 21.9 Å². The van der Waals surface area contributed by atoms with Crippen molar-refractivity contribution in [3.8, 4) is 5.75 Å². The zero-order valence-corrected chi connectivity index (χ0v) is 9.08. The smallest absolute Gasteiger partial charge is 0.168 e. The second-order valence-corrected chi connectivity index (χ2v) is 3.58. The third kappa shape index (κ3) is 2.15. The third-order valence-corrected chi connectivity index (χ3v) is 2.00. The van der Waals surface area contributed by atoms with E-state index in [-0.39, 0.29) is 6.10 Å². The SMILES string of the molecule is C=Cc1cc(N)c(N)c(OC(C)C)c1N. The molecule has 0 heterocycles. The largest absolute Gasteiger partial charge is 0.487 e. The maximum atomic E-state index is 5.88. The van der Waals surface area contributed by atoms with Gasteiger partial charge in [0.25, 0.3) is 0 Å². The summed E-state index contributed by atoms with van der Waals surface area (Å²) in [6.45, 7) is 7.45. The molecule has 0 bridgehead atoms. The van der Waals surface area contributed by atoms with Crippen molar-refractivity contribution in [3.05, 3.63) is 18.2 Å². The van der Waals surface area contributed by atoms with Gasteiger partial charge in [0.15, 0.2) is 5.75 Å². The molecule has 0 atom stereocenters. The van der Waals surface area contributed by atoms with E-state index in [0.29, 0.717) is 22.8 Å². The summed E-state index contributed by atoms with van der Waals surface area (Å²) in [5, 5.41) is 0. The Bertz CT molecular complexity index is 386. The van der Waals surface area contributed by atoms with E-state index in [4.69, 9.17) is 21.9 Å². The number of nitrogens with two attached hydrogens (primary N) is 3. The highest BCUT2D eigenvalue weighted by Crippen LogP contribution is 2.37. The summed E-state index contributed by atoms with van der Waals surface area (Å²) in [7, 11) is 0. The lowest BCUT2D eigenvalue weighted by Gasteiger charge is -2.17. The second kappa shape index (κ2) is 4.13. The van der Waals surface area contributed by atoms with Crippen LogP contribution >= 0.6 is 0 Å². The Morgan fingerprint density at radius 3 is 2.33 bits per heavy atom. The molecule has 1 aromatic carbocycles. The van der Waals surface area contributed by atoms with E-state index >= 15 is 0 Å². The molecular weight excluding hydrogens is 190 g/mol. The van der Waals surface area contributed by atoms with Gasteiger partial charge in [-0.3, -0.25) is 0 Å². The van der Waals surface area contributed by atoms with Gasteiger partial charge in [-0.05, 0) is 19.9 Å². The summed E-state index contributed by atoms with van der Waals surface area (Å²) in [5.74, 6) is 0.444. The zero-order valence-electron chi connectivity index (χ0n) is 9.08. The van der Waals surface area contributed by atoms with E-state index in [9.17, 15) is 0 Å². The number of hydrogen-bond donors (Lipinski definition) is 3. The predicted molar refractivity (Wildman–Crippen MR) is 65.5 cm³/mol. The Labute approximate surface area is 89.7 Å². The summed E-state index contributed by atoms with van der Waals surface area (Å²) < 4.78 is 5.52. The fraction of sp³-hybridized carbons (Fsp3) is 0.273. The zero-order chi connectivity index (χ0) is 11.6. The van der Waals surface area contributed by atoms with Crippen molar-refractivity contribution in [3.63, 3.8) is 0 Å². The summed E-state index contributed by atoms with van der Waals surface area (Å²) in [6, 6.07) is 1.69. The average molecular weight is 207 g/mol. The van der Waals surface area contributed by atoms with Gasteiger partial charge in [-0.2, -0.15) is 0 Å². The molecule has 0 aliphatic heterocycles. The van der Waals surface area contributed by atoms with Gasteiger partial charge in [-0.15, -0.1) is 0 Å². The molecule has 15 heavy (non-hydrogen) atoms. The molecular formula is C11H17N3O. The first-order valence-corrected chi connectivity index (χ1v) is 4.73. The van der Waals surface area contributed by atoms with Gasteiger partial charge >= 0.3 is 0 Å². The van der Waals surface area contributed by atoms with Gasteiger partial charge in [-0.1, -0.05) is 12.7 Å². The van der Waals surface area contributed by atoms with Crippen molar-refractivity contribution in [1.29, 1.82) is 0 Å². The summed E-state index contributed by atoms with van der Waals surface area (Å²) in [6.07, 6.45) is 1.62. The number of benzene rings is 1. The number of nitrogen functional groups attached to an aromatic ring is 3. The molecule has 0 aliphatic rings. The summed E-state index contributed by atoms with van der Waals surface area (Å²) in [4.78, 5) is 0. The van der Waals surface area contributed by atoms with Crippen LogP contribution in [0, 0.1) is 0 Å². The minimum Gasteiger partial charge on any atom is -0.487 e. The van der Waals surface area contributed by atoms with E-state index in [1.165, 1.54) is 0 Å². The molecule has 4 heteroatoms. The monoisotopic (exact) mass is 207 g/mol. The van der Waals surface area contributed by atoms with Crippen molar-refractivity contribution in [2.45, 2.75) is 20.0 Å². The Balaban J connectivity index is 3.33. The van der Waals surface area contributed by atoms with Crippen molar-refractivity contribution in [1.82, 2.24) is 0 Å². The highest BCUT2D eigenvalue weighted by molar-refractivity contribution is 5.85. The van der Waals surface area contributed by atoms with Gasteiger partial charge in [0, 0.05) is 5.56 Å². The highest BCUT2D eigenvalue weighted by Gasteiger charge is 2.13. The molecule has 4 nitrogen and oxygen atoms in total. The van der Waals surface area contributed by atoms with E-state index in [1.54, 1.807) is 12.1 Å². The summed E-state index contributed by atoms with van der Waals surface area (Å²) >= 11 is 0. The van der Waals surface area contributed by atoms with Crippen molar-refractivity contribution >= 4 is 23.1 Å². The van der Waals surface area contributed by atoms with Crippen molar-refractivity contribution < 1.29 is 4.74 Å². The van der Waals surface area contributed by atoms with Crippen molar-refractivity contribution in [2.24, 2.45) is 0 Å². The van der Waals surface area contributed by atoms with Crippen LogP contribution in [0.1, 0.15) is 19.4 Å². The molecule has 0 saturated carbocycles. The Kier molecular flexibility index (Phi) is 3.09. The highest BCUT2D eigenvalue weighted by atomic mass is 16.5. The lowest BCUT2D eigenvalue weighted by atomic mass is 10.1. The van der Waals surface area contributed by atoms with Crippen LogP contribution in [-0.4, -0.2) is 6.10 Å². The molecule has 82 valence electrons. The van der Waals surface area contributed by atoms with Crippen LogP contribution in [0.3, 0.4) is 0 Å². The van der Waals surface area contributed by atoms with Crippen LogP contribution in [0.4, 0.5) is 17.1 Å². The molecule has 0 fully saturated rings. The van der Waals surface area contributed by atoms with Gasteiger partial charge in [0.1, 0.15) is 0 Å². The molecule has 0 radical (unpaired) electrons. The first-order chi connectivity index (χ1) is 6.97. The normalized spacial score (nSPS) is 10.3. The molecule has 0 unspecified atom stereocenters. The van der Waals surface area contributed by atoms with Crippen LogP contribution in [0.2, 0.25) is 0 Å². The van der Waals surface area contributed by atoms with Gasteiger partial charge in [0.2, 0.25) is 0 Å². The van der Waals surface area contributed by atoms with Crippen molar-refractivity contribution in [2.75, 3.05) is 17.2 Å². The van der Waals surface area contributed by atoms with Crippen LogP contribution < -0.4 is 21.9 Å². The molecule has 0 amide bonds. The average Bonchev–Trinajstić information content (AvgIpc) is 2.18. The first kappa shape index (κ1) is 11.2. The maximum absolute atomic E-state index is 5.88. The van der Waals surface area contributed by atoms with E-state index < -0.39 is 0 Å². The van der Waals surface area contributed by atoms with E-state index in [1.807, 2.05) is 13.8 Å². The topological polar surface area (TPSA) is 87.3 Å². The molecule has 0 aromatic heterocycles. The van der Waals surface area contributed by atoms with E-state index in [2.05, 4.69) is 6.58 Å². The Morgan fingerprint density at radius 2 is 1.87 bits per heavy atom. The molecule has 1 rings (SSSR count). The minimum atomic E-state index is -0.00550. The Hall–Kier alpha value is -1.84. The Morgan fingerprint density at radius 1 is 1.27 bits per heavy atom. The lowest BCUT2D eigenvalue weighted by molar-refractivity contribution is 0.245. The molecule has 0 spiro atoms. The third-order valence-electron chi connectivity index (χ3n) is 2.00. The fourth-order valence-corrected chi connectivity index (χ4v) is 1.26.